The molecule has 0 heterocycles. The average Bonchev–Trinajstić information content (AvgIpc) is 2.86. The Morgan fingerprint density at radius 3 is 1.78 bits per heavy atom. The van der Waals surface area contributed by atoms with E-state index in [1.807, 2.05) is 66.7 Å². The maximum absolute atomic E-state index is 13.1. The summed E-state index contributed by atoms with van der Waals surface area (Å²) >= 11 is 0. The van der Waals surface area contributed by atoms with Gasteiger partial charge in [-0.25, -0.2) is 0 Å². The molecule has 0 spiro atoms. The largest absolute Gasteiger partial charge is 0.457 e. The molecule has 32 heavy (non-hydrogen) atoms. The maximum atomic E-state index is 13.1. The van der Waals surface area contributed by atoms with Crippen LogP contribution >= 0.6 is 0 Å². The monoisotopic (exact) mass is 420 g/mol. The first-order valence-electron chi connectivity index (χ1n) is 10.8. The van der Waals surface area contributed by atoms with Gasteiger partial charge in [0.2, 0.25) is 0 Å². The molecule has 0 saturated heterocycles. The third-order valence-corrected chi connectivity index (χ3v) is 5.29. The molecular weight excluding hydrogens is 396 g/mol. The van der Waals surface area contributed by atoms with E-state index < -0.39 is 0 Å². The van der Waals surface area contributed by atoms with E-state index in [0.717, 1.165) is 18.4 Å². The van der Waals surface area contributed by atoms with E-state index in [1.54, 1.807) is 36.4 Å². The van der Waals surface area contributed by atoms with Gasteiger partial charge in [-0.15, -0.1) is 0 Å². The van der Waals surface area contributed by atoms with Crippen molar-refractivity contribution in [1.82, 2.24) is 0 Å². The SMILES string of the molecule is CCCc1c(Oc2ccc(C(=O)c3ccccc3)cc2)cccc1C(=O)c1ccccc1. The summed E-state index contributed by atoms with van der Waals surface area (Å²) in [5.74, 6) is 1.25. The number of benzene rings is 4. The molecule has 4 aromatic carbocycles. The first-order valence-corrected chi connectivity index (χ1v) is 10.8. The Morgan fingerprint density at radius 2 is 1.19 bits per heavy atom. The summed E-state index contributed by atoms with van der Waals surface area (Å²) in [5.41, 5.74) is 3.47. The number of ether oxygens (including phenoxy) is 1. The van der Waals surface area contributed by atoms with E-state index >= 15 is 0 Å². The Morgan fingerprint density at radius 1 is 0.625 bits per heavy atom. The van der Waals surface area contributed by atoms with E-state index in [1.165, 1.54) is 0 Å². The zero-order valence-electron chi connectivity index (χ0n) is 18.0. The Kier molecular flexibility index (Phi) is 6.57. The minimum absolute atomic E-state index is 0.0108. The van der Waals surface area contributed by atoms with Crippen molar-refractivity contribution in [2.45, 2.75) is 19.8 Å². The van der Waals surface area contributed by atoms with Gasteiger partial charge >= 0.3 is 0 Å². The van der Waals surface area contributed by atoms with Crippen LogP contribution in [0, 0.1) is 0 Å². The Labute approximate surface area is 188 Å². The summed E-state index contributed by atoms with van der Waals surface area (Å²) in [5, 5.41) is 0. The van der Waals surface area contributed by atoms with Crippen molar-refractivity contribution in [3.05, 3.63) is 131 Å². The van der Waals surface area contributed by atoms with Crippen molar-refractivity contribution in [2.24, 2.45) is 0 Å². The van der Waals surface area contributed by atoms with Crippen LogP contribution in [-0.2, 0) is 6.42 Å². The summed E-state index contributed by atoms with van der Waals surface area (Å²) in [7, 11) is 0. The van der Waals surface area contributed by atoms with Crippen LogP contribution in [0.25, 0.3) is 0 Å². The minimum Gasteiger partial charge on any atom is -0.457 e. The normalized spacial score (nSPS) is 10.5. The lowest BCUT2D eigenvalue weighted by molar-refractivity contribution is 0.103. The molecule has 0 unspecified atom stereocenters. The van der Waals surface area contributed by atoms with E-state index in [0.29, 0.717) is 33.8 Å². The Balaban J connectivity index is 1.60. The van der Waals surface area contributed by atoms with Crippen LogP contribution in [0.5, 0.6) is 11.5 Å². The summed E-state index contributed by atoms with van der Waals surface area (Å²) in [6.45, 7) is 2.08. The summed E-state index contributed by atoms with van der Waals surface area (Å²) in [6.07, 6.45) is 1.62. The fraction of sp³-hybridized carbons (Fsp3) is 0.103. The molecule has 0 aliphatic rings. The highest BCUT2D eigenvalue weighted by molar-refractivity contribution is 6.10. The number of hydrogen-bond donors (Lipinski definition) is 0. The highest BCUT2D eigenvalue weighted by atomic mass is 16.5. The van der Waals surface area contributed by atoms with E-state index in [9.17, 15) is 9.59 Å². The van der Waals surface area contributed by atoms with Gasteiger partial charge in [0.25, 0.3) is 0 Å². The molecule has 3 heteroatoms. The number of hydrogen-bond acceptors (Lipinski definition) is 3. The number of carbonyl (C=O) groups excluding carboxylic acids is 2. The van der Waals surface area contributed by atoms with Crippen LogP contribution in [0.2, 0.25) is 0 Å². The zero-order chi connectivity index (χ0) is 22.3. The highest BCUT2D eigenvalue weighted by Crippen LogP contribution is 2.30. The second-order valence-electron chi connectivity index (χ2n) is 7.55. The van der Waals surface area contributed by atoms with E-state index in [4.69, 9.17) is 4.74 Å². The Bertz CT molecular complexity index is 1210. The molecule has 3 nitrogen and oxygen atoms in total. The molecule has 4 rings (SSSR count). The second-order valence-corrected chi connectivity index (χ2v) is 7.55. The molecular formula is C29H24O3. The van der Waals surface area contributed by atoms with Gasteiger partial charge in [-0.2, -0.15) is 0 Å². The molecule has 0 radical (unpaired) electrons. The Hall–Kier alpha value is -3.98. The van der Waals surface area contributed by atoms with Crippen LogP contribution in [-0.4, -0.2) is 11.6 Å². The van der Waals surface area contributed by atoms with E-state index in [2.05, 4.69) is 6.92 Å². The predicted octanol–water partition coefficient (Wildman–Crippen LogP) is 6.89. The number of rotatable bonds is 8. The molecule has 0 aliphatic carbocycles. The average molecular weight is 421 g/mol. The van der Waals surface area contributed by atoms with Gasteiger partial charge in [-0.1, -0.05) is 86.1 Å². The fourth-order valence-electron chi connectivity index (χ4n) is 3.68. The zero-order valence-corrected chi connectivity index (χ0v) is 18.0. The minimum atomic E-state index is -0.0284. The predicted molar refractivity (Wildman–Crippen MR) is 127 cm³/mol. The standard InChI is InChI=1S/C29H24O3/c1-2-10-25-26(29(31)22-13-7-4-8-14-22)15-9-16-27(25)32-24-19-17-23(18-20-24)28(30)21-11-5-3-6-12-21/h3-9,11-20H,2,10H2,1H3. The second kappa shape index (κ2) is 9.88. The van der Waals surface area contributed by atoms with Crippen molar-refractivity contribution in [1.29, 1.82) is 0 Å². The summed E-state index contributed by atoms with van der Waals surface area (Å²) in [4.78, 5) is 25.7. The van der Waals surface area contributed by atoms with Crippen LogP contribution in [0.15, 0.2) is 103 Å². The van der Waals surface area contributed by atoms with Gasteiger partial charge in [-0.05, 0) is 36.8 Å². The van der Waals surface area contributed by atoms with Crippen molar-refractivity contribution in [3.8, 4) is 11.5 Å². The summed E-state index contributed by atoms with van der Waals surface area (Å²) < 4.78 is 6.17. The molecule has 0 fully saturated rings. The third-order valence-electron chi connectivity index (χ3n) is 5.29. The van der Waals surface area contributed by atoms with Crippen molar-refractivity contribution < 1.29 is 14.3 Å². The molecule has 0 saturated carbocycles. The molecule has 0 amide bonds. The van der Waals surface area contributed by atoms with Crippen molar-refractivity contribution in [2.75, 3.05) is 0 Å². The fourth-order valence-corrected chi connectivity index (χ4v) is 3.68. The van der Waals surface area contributed by atoms with Crippen LogP contribution < -0.4 is 4.74 Å². The van der Waals surface area contributed by atoms with Crippen LogP contribution in [0.1, 0.15) is 50.8 Å². The third kappa shape index (κ3) is 4.68. The molecule has 158 valence electrons. The van der Waals surface area contributed by atoms with Gasteiger partial charge in [0, 0.05) is 27.8 Å². The molecule has 0 bridgehead atoms. The van der Waals surface area contributed by atoms with Crippen LogP contribution in [0.3, 0.4) is 0 Å². The van der Waals surface area contributed by atoms with Gasteiger partial charge in [0.15, 0.2) is 11.6 Å². The molecule has 4 aromatic rings. The topological polar surface area (TPSA) is 43.4 Å². The first-order chi connectivity index (χ1) is 15.7. The lowest BCUT2D eigenvalue weighted by Crippen LogP contribution is -2.07. The first kappa shape index (κ1) is 21.3. The molecule has 0 atom stereocenters. The van der Waals surface area contributed by atoms with E-state index in [-0.39, 0.29) is 11.6 Å². The van der Waals surface area contributed by atoms with Crippen molar-refractivity contribution in [3.63, 3.8) is 0 Å². The quantitative estimate of drug-likeness (QED) is 0.291. The lowest BCUT2D eigenvalue weighted by atomic mass is 9.95. The lowest BCUT2D eigenvalue weighted by Gasteiger charge is -2.15. The number of ketones is 2. The van der Waals surface area contributed by atoms with Gasteiger partial charge in [0.05, 0.1) is 0 Å². The van der Waals surface area contributed by atoms with Gasteiger partial charge in [0.1, 0.15) is 11.5 Å². The molecule has 0 aromatic heterocycles. The van der Waals surface area contributed by atoms with Gasteiger partial charge in [-0.3, -0.25) is 9.59 Å². The van der Waals surface area contributed by atoms with Gasteiger partial charge < -0.3 is 4.74 Å². The van der Waals surface area contributed by atoms with Crippen molar-refractivity contribution >= 4 is 11.6 Å². The summed E-state index contributed by atoms with van der Waals surface area (Å²) in [6, 6.07) is 31.2. The number of carbonyl (C=O) groups is 2. The maximum Gasteiger partial charge on any atom is 0.193 e. The smallest absolute Gasteiger partial charge is 0.193 e. The van der Waals surface area contributed by atoms with Crippen LogP contribution in [0.4, 0.5) is 0 Å². The molecule has 0 aliphatic heterocycles. The molecule has 0 N–H and O–H groups in total. The highest BCUT2D eigenvalue weighted by Gasteiger charge is 2.17.